The van der Waals surface area contributed by atoms with Gasteiger partial charge in [0.05, 0.1) is 29.0 Å². The summed E-state index contributed by atoms with van der Waals surface area (Å²) in [6, 6.07) is 0. The van der Waals surface area contributed by atoms with E-state index in [1.165, 1.54) is 0 Å². The fourth-order valence-corrected chi connectivity index (χ4v) is 8.64. The van der Waals surface area contributed by atoms with Crippen molar-refractivity contribution in [3.05, 3.63) is 11.6 Å². The quantitative estimate of drug-likeness (QED) is 0.414. The lowest BCUT2D eigenvalue weighted by Crippen LogP contribution is -2.62. The van der Waals surface area contributed by atoms with Gasteiger partial charge in [0.2, 0.25) is 0 Å². The number of hydrogen-bond donors (Lipinski definition) is 5. The van der Waals surface area contributed by atoms with Crippen molar-refractivity contribution in [2.24, 2.45) is 34.5 Å². The van der Waals surface area contributed by atoms with E-state index in [1.807, 2.05) is 13.8 Å². The first-order valence-electron chi connectivity index (χ1n) is 13.3. The van der Waals surface area contributed by atoms with Gasteiger partial charge in [0, 0.05) is 11.3 Å². The monoisotopic (exact) mass is 478 g/mol. The molecule has 3 saturated carbocycles. The summed E-state index contributed by atoms with van der Waals surface area (Å²) in [6.45, 7) is 11.3. The molecule has 194 valence electrons. The van der Waals surface area contributed by atoms with E-state index in [9.17, 15) is 30.3 Å². The fraction of sp³-hybridized carbons (Fsp3) is 0.893. The van der Waals surface area contributed by atoms with Crippen molar-refractivity contribution in [3.8, 4) is 0 Å². The molecule has 0 radical (unpaired) electrons. The van der Waals surface area contributed by atoms with Crippen molar-refractivity contribution in [1.29, 1.82) is 0 Å². The first-order chi connectivity index (χ1) is 15.5. The fourth-order valence-electron chi connectivity index (χ4n) is 8.64. The zero-order valence-electron chi connectivity index (χ0n) is 21.8. The van der Waals surface area contributed by atoms with E-state index in [4.69, 9.17) is 0 Å². The highest BCUT2D eigenvalue weighted by atomic mass is 16.3. The van der Waals surface area contributed by atoms with Crippen LogP contribution in [-0.2, 0) is 4.79 Å². The van der Waals surface area contributed by atoms with Crippen LogP contribution in [0.5, 0.6) is 0 Å². The molecular formula is C28H46O6. The Morgan fingerprint density at radius 3 is 2.38 bits per heavy atom. The minimum absolute atomic E-state index is 0.0118. The highest BCUT2D eigenvalue weighted by Gasteiger charge is 2.69. The Balaban J connectivity index is 1.66. The van der Waals surface area contributed by atoms with E-state index in [0.29, 0.717) is 32.1 Å². The molecule has 0 unspecified atom stereocenters. The third-order valence-electron chi connectivity index (χ3n) is 10.9. The van der Waals surface area contributed by atoms with Crippen LogP contribution in [0.25, 0.3) is 0 Å². The molecule has 0 aromatic rings. The molecule has 0 bridgehead atoms. The molecule has 5 N–H and O–H groups in total. The van der Waals surface area contributed by atoms with Crippen LogP contribution < -0.4 is 0 Å². The van der Waals surface area contributed by atoms with E-state index in [-0.39, 0.29) is 41.3 Å². The molecule has 3 fully saturated rings. The van der Waals surface area contributed by atoms with Crippen LogP contribution in [0.3, 0.4) is 0 Å². The highest BCUT2D eigenvalue weighted by molar-refractivity contribution is 5.95. The van der Waals surface area contributed by atoms with Gasteiger partial charge >= 0.3 is 0 Å². The first-order valence-corrected chi connectivity index (χ1v) is 13.3. The average molecular weight is 479 g/mol. The molecule has 0 heterocycles. The van der Waals surface area contributed by atoms with Gasteiger partial charge in [-0.05, 0) is 107 Å². The van der Waals surface area contributed by atoms with Gasteiger partial charge in [0.25, 0.3) is 0 Å². The number of aliphatic hydroxyl groups is 5. The Labute approximate surface area is 204 Å². The van der Waals surface area contributed by atoms with E-state index in [0.717, 1.165) is 18.4 Å². The Kier molecular flexibility index (Phi) is 6.27. The summed E-state index contributed by atoms with van der Waals surface area (Å²) in [5, 5.41) is 55.4. The molecule has 34 heavy (non-hydrogen) atoms. The maximum atomic E-state index is 13.3. The lowest BCUT2D eigenvalue weighted by Gasteiger charge is -2.61. The average Bonchev–Trinajstić information content (AvgIpc) is 3.00. The van der Waals surface area contributed by atoms with Gasteiger partial charge < -0.3 is 25.5 Å². The summed E-state index contributed by atoms with van der Waals surface area (Å²) < 4.78 is 0. The summed E-state index contributed by atoms with van der Waals surface area (Å²) >= 11 is 0. The standard InChI is InChI=1S/C28H46O6/c1-16-15-25(4)17-7-11-26(5)22(27(6,33)23(31)9-10-24(2,3)32)8-12-28(26,34)18(17)13-21(30)19(25)14-20(16)29/h13,16-17,19-20,22-23,29,31-34H,7-12,14-15H2,1-6H3/t16-,17-,19-,20+,22-,23+,25+,26+,27+,28+/m0/s1. The SMILES string of the molecule is C[C@H]1C[C@@]2(C)[C@@H](C[C@H]1O)C(=O)C=C1[C@@H]2CC[C@]2(C)[C@@H]([C@@](C)(O)[C@H](O)CCC(C)(C)O)CC[C@@]12O. The number of ketones is 1. The number of aliphatic hydroxyl groups excluding tert-OH is 2. The van der Waals surface area contributed by atoms with E-state index < -0.39 is 34.4 Å². The molecule has 0 aromatic heterocycles. The molecule has 4 aliphatic rings. The molecular weight excluding hydrogens is 432 g/mol. The van der Waals surface area contributed by atoms with Gasteiger partial charge in [-0.3, -0.25) is 4.79 Å². The lowest BCUT2D eigenvalue weighted by molar-refractivity contribution is -0.174. The van der Waals surface area contributed by atoms with Gasteiger partial charge in [-0.15, -0.1) is 0 Å². The van der Waals surface area contributed by atoms with Crippen LogP contribution in [0.4, 0.5) is 0 Å². The smallest absolute Gasteiger partial charge is 0.159 e. The first kappa shape index (κ1) is 26.3. The van der Waals surface area contributed by atoms with Gasteiger partial charge in [0.1, 0.15) is 0 Å². The van der Waals surface area contributed by atoms with Crippen molar-refractivity contribution >= 4 is 5.78 Å². The molecule has 6 heteroatoms. The molecule has 0 aromatic carbocycles. The molecule has 4 aliphatic carbocycles. The summed E-state index contributed by atoms with van der Waals surface area (Å²) in [5.74, 6) is -0.357. The Morgan fingerprint density at radius 2 is 1.76 bits per heavy atom. The second-order valence-electron chi connectivity index (χ2n) is 13.6. The van der Waals surface area contributed by atoms with Crippen LogP contribution in [0, 0.1) is 34.5 Å². The summed E-state index contributed by atoms with van der Waals surface area (Å²) in [6.07, 6.45) is 4.61. The van der Waals surface area contributed by atoms with Crippen molar-refractivity contribution in [2.45, 2.75) is 122 Å². The van der Waals surface area contributed by atoms with E-state index in [2.05, 4.69) is 6.92 Å². The van der Waals surface area contributed by atoms with Crippen LogP contribution in [0.1, 0.15) is 92.9 Å². The van der Waals surface area contributed by atoms with Crippen LogP contribution >= 0.6 is 0 Å². The zero-order valence-corrected chi connectivity index (χ0v) is 21.8. The van der Waals surface area contributed by atoms with E-state index in [1.54, 1.807) is 26.8 Å². The third kappa shape index (κ3) is 3.75. The minimum Gasteiger partial charge on any atom is -0.393 e. The minimum atomic E-state index is -1.42. The Morgan fingerprint density at radius 1 is 1.12 bits per heavy atom. The molecule has 10 atom stereocenters. The summed E-state index contributed by atoms with van der Waals surface area (Å²) in [4.78, 5) is 13.3. The number of carbonyl (C=O) groups excluding carboxylic acids is 1. The molecule has 4 rings (SSSR count). The van der Waals surface area contributed by atoms with Crippen molar-refractivity contribution in [1.82, 2.24) is 0 Å². The number of allylic oxidation sites excluding steroid dienone is 1. The number of carbonyl (C=O) groups is 1. The van der Waals surface area contributed by atoms with E-state index >= 15 is 0 Å². The predicted molar refractivity (Wildman–Crippen MR) is 130 cm³/mol. The Hall–Kier alpha value is -0.790. The number of hydrogen-bond acceptors (Lipinski definition) is 6. The van der Waals surface area contributed by atoms with Crippen molar-refractivity contribution in [2.75, 3.05) is 0 Å². The summed E-state index contributed by atoms with van der Waals surface area (Å²) in [7, 11) is 0. The largest absolute Gasteiger partial charge is 0.393 e. The number of rotatable bonds is 5. The van der Waals surface area contributed by atoms with Gasteiger partial charge in [-0.1, -0.05) is 20.8 Å². The zero-order chi connectivity index (χ0) is 25.5. The van der Waals surface area contributed by atoms with Gasteiger partial charge in [-0.25, -0.2) is 0 Å². The second kappa shape index (κ2) is 8.11. The molecule has 0 saturated heterocycles. The van der Waals surface area contributed by atoms with Crippen molar-refractivity contribution < 1.29 is 30.3 Å². The van der Waals surface area contributed by atoms with Crippen LogP contribution in [0.15, 0.2) is 11.6 Å². The normalized spacial score (nSPS) is 47.2. The van der Waals surface area contributed by atoms with Gasteiger partial charge in [-0.2, -0.15) is 0 Å². The van der Waals surface area contributed by atoms with Crippen LogP contribution in [0.2, 0.25) is 0 Å². The predicted octanol–water partition coefficient (Wildman–Crippen LogP) is 3.13. The lowest BCUT2D eigenvalue weighted by atomic mass is 9.45. The molecule has 0 amide bonds. The topological polar surface area (TPSA) is 118 Å². The molecule has 0 spiro atoms. The highest BCUT2D eigenvalue weighted by Crippen LogP contribution is 2.68. The molecule has 0 aliphatic heterocycles. The summed E-state index contributed by atoms with van der Waals surface area (Å²) in [5.41, 5.74) is -3.70. The second-order valence-corrected chi connectivity index (χ2v) is 13.6. The Bertz CT molecular complexity index is 857. The third-order valence-corrected chi connectivity index (χ3v) is 10.9. The van der Waals surface area contributed by atoms with Gasteiger partial charge in [0.15, 0.2) is 5.78 Å². The van der Waals surface area contributed by atoms with Crippen LogP contribution in [-0.4, -0.2) is 60.3 Å². The maximum absolute atomic E-state index is 13.3. The molecule has 6 nitrogen and oxygen atoms in total. The number of fused-ring (bicyclic) bond motifs is 5. The van der Waals surface area contributed by atoms with Crippen molar-refractivity contribution in [3.63, 3.8) is 0 Å². The maximum Gasteiger partial charge on any atom is 0.159 e.